The summed E-state index contributed by atoms with van der Waals surface area (Å²) in [6.07, 6.45) is 5.28. The summed E-state index contributed by atoms with van der Waals surface area (Å²) < 4.78 is 2.15. The van der Waals surface area contributed by atoms with E-state index in [1.54, 1.807) is 16.7 Å². The van der Waals surface area contributed by atoms with Crippen LogP contribution in [0.5, 0.6) is 0 Å². The molecule has 1 aromatic heterocycles. The second kappa shape index (κ2) is 9.12. The van der Waals surface area contributed by atoms with Crippen LogP contribution in [0.4, 0.5) is 0 Å². The van der Waals surface area contributed by atoms with E-state index in [0.717, 1.165) is 39.0 Å². The van der Waals surface area contributed by atoms with Gasteiger partial charge in [0.1, 0.15) is 0 Å². The van der Waals surface area contributed by atoms with Gasteiger partial charge in [-0.1, -0.05) is 53.7 Å². The number of quaternary nitrogens is 1. The van der Waals surface area contributed by atoms with E-state index in [1.165, 1.54) is 32.2 Å². The molecule has 1 aliphatic rings. The fourth-order valence-electron chi connectivity index (χ4n) is 3.89. The van der Waals surface area contributed by atoms with Crippen molar-refractivity contribution in [2.75, 3.05) is 19.3 Å². The molecule has 3 aromatic rings. The van der Waals surface area contributed by atoms with Crippen LogP contribution < -0.4 is 4.90 Å². The highest BCUT2D eigenvalue weighted by Gasteiger charge is 2.23. The van der Waals surface area contributed by atoms with Crippen molar-refractivity contribution in [2.45, 2.75) is 36.9 Å². The second-order valence-corrected chi connectivity index (χ2v) is 8.91. The van der Waals surface area contributed by atoms with Gasteiger partial charge in [0.25, 0.3) is 0 Å². The van der Waals surface area contributed by atoms with Gasteiger partial charge >= 0.3 is 0 Å². The summed E-state index contributed by atoms with van der Waals surface area (Å²) in [6, 6.07) is 18.9. The van der Waals surface area contributed by atoms with Crippen LogP contribution in [-0.2, 0) is 0 Å². The van der Waals surface area contributed by atoms with E-state index in [2.05, 4.69) is 33.9 Å². The van der Waals surface area contributed by atoms with E-state index in [0.29, 0.717) is 0 Å². The van der Waals surface area contributed by atoms with Crippen LogP contribution in [0, 0.1) is 0 Å². The molecule has 6 heteroatoms. The molecule has 1 aliphatic heterocycles. The van der Waals surface area contributed by atoms with Crippen LogP contribution in [-0.4, -0.2) is 40.2 Å². The number of nitrogens with zero attached hydrogens (tertiary/aromatic N) is 3. The fraction of sp³-hybridized carbons (Fsp3) is 0.364. The van der Waals surface area contributed by atoms with Gasteiger partial charge in [0, 0.05) is 28.4 Å². The molecular weight excluding hydrogens is 388 g/mol. The van der Waals surface area contributed by atoms with Crippen LogP contribution in [0.25, 0.3) is 17.1 Å². The molecule has 28 heavy (non-hydrogen) atoms. The van der Waals surface area contributed by atoms with Crippen molar-refractivity contribution in [1.29, 1.82) is 0 Å². The largest absolute Gasteiger partial charge is 0.335 e. The van der Waals surface area contributed by atoms with Gasteiger partial charge < -0.3 is 4.90 Å². The molecule has 0 aliphatic carbocycles. The van der Waals surface area contributed by atoms with Gasteiger partial charge in [0.15, 0.2) is 11.0 Å². The Kier molecular flexibility index (Phi) is 6.35. The Bertz CT molecular complexity index is 895. The predicted octanol–water partition coefficient (Wildman–Crippen LogP) is 4.14. The van der Waals surface area contributed by atoms with Gasteiger partial charge in [-0.05, 0) is 43.5 Å². The average molecular weight is 414 g/mol. The van der Waals surface area contributed by atoms with Gasteiger partial charge in [-0.3, -0.25) is 4.57 Å². The van der Waals surface area contributed by atoms with E-state index in [1.807, 2.05) is 42.5 Å². The molecule has 1 unspecified atom stereocenters. The number of nitrogens with one attached hydrogen (secondary N) is 1. The Labute approximate surface area is 175 Å². The maximum absolute atomic E-state index is 6.10. The highest BCUT2D eigenvalue weighted by molar-refractivity contribution is 7.99. The predicted molar refractivity (Wildman–Crippen MR) is 117 cm³/mol. The number of piperidine rings is 1. The lowest BCUT2D eigenvalue weighted by Crippen LogP contribution is -3.13. The van der Waals surface area contributed by atoms with Crippen LogP contribution in [0.3, 0.4) is 0 Å². The van der Waals surface area contributed by atoms with Crippen molar-refractivity contribution in [2.24, 2.45) is 0 Å². The Morgan fingerprint density at radius 2 is 1.86 bits per heavy atom. The maximum atomic E-state index is 6.10. The van der Waals surface area contributed by atoms with Crippen molar-refractivity contribution >= 4 is 23.4 Å². The lowest BCUT2D eigenvalue weighted by molar-refractivity contribution is -0.911. The molecule has 0 spiro atoms. The molecule has 4 nitrogen and oxygen atoms in total. The molecule has 2 aromatic carbocycles. The summed E-state index contributed by atoms with van der Waals surface area (Å²) in [7, 11) is 2.33. The molecule has 0 saturated carbocycles. The number of hydrogen-bond donors (Lipinski definition) is 1. The molecule has 0 radical (unpaired) electrons. The van der Waals surface area contributed by atoms with Gasteiger partial charge in [0.05, 0.1) is 19.6 Å². The zero-order valence-electron chi connectivity index (χ0n) is 16.1. The van der Waals surface area contributed by atoms with Crippen molar-refractivity contribution in [3.05, 3.63) is 59.6 Å². The van der Waals surface area contributed by atoms with Crippen molar-refractivity contribution in [3.63, 3.8) is 0 Å². The zero-order valence-corrected chi connectivity index (χ0v) is 17.7. The molecular formula is C22H26ClN4S+. The number of likely N-dealkylation sites (tertiary alicyclic amines) is 1. The lowest BCUT2D eigenvalue weighted by Gasteiger charge is -2.29. The maximum Gasteiger partial charge on any atom is 0.196 e. The minimum absolute atomic E-state index is 0.732. The number of aromatic nitrogens is 3. The molecule has 146 valence electrons. The summed E-state index contributed by atoms with van der Waals surface area (Å²) >= 11 is 7.91. The molecule has 2 atom stereocenters. The highest BCUT2D eigenvalue weighted by atomic mass is 35.5. The molecule has 0 bridgehead atoms. The van der Waals surface area contributed by atoms with E-state index in [-0.39, 0.29) is 0 Å². The Morgan fingerprint density at radius 3 is 2.61 bits per heavy atom. The number of thioether (sulfide) groups is 1. The first-order valence-corrected chi connectivity index (χ1v) is 11.3. The summed E-state index contributed by atoms with van der Waals surface area (Å²) in [5, 5.41) is 10.7. The first-order valence-electron chi connectivity index (χ1n) is 9.94. The zero-order chi connectivity index (χ0) is 19.3. The molecule has 1 fully saturated rings. The van der Waals surface area contributed by atoms with Gasteiger partial charge in [0.2, 0.25) is 0 Å². The van der Waals surface area contributed by atoms with Crippen molar-refractivity contribution in [3.8, 4) is 17.1 Å². The fourth-order valence-corrected chi connectivity index (χ4v) is 5.02. The van der Waals surface area contributed by atoms with E-state index in [4.69, 9.17) is 11.6 Å². The van der Waals surface area contributed by atoms with E-state index >= 15 is 0 Å². The smallest absolute Gasteiger partial charge is 0.196 e. The second-order valence-electron chi connectivity index (χ2n) is 7.41. The van der Waals surface area contributed by atoms with Crippen LogP contribution in [0.1, 0.15) is 25.7 Å². The third-order valence-corrected chi connectivity index (χ3v) is 6.73. The monoisotopic (exact) mass is 413 g/mol. The van der Waals surface area contributed by atoms with Crippen LogP contribution >= 0.6 is 23.4 Å². The van der Waals surface area contributed by atoms with Crippen LogP contribution in [0.2, 0.25) is 5.02 Å². The molecule has 4 rings (SSSR count). The average Bonchev–Trinajstić information content (AvgIpc) is 3.14. The highest BCUT2D eigenvalue weighted by Crippen LogP contribution is 2.29. The lowest BCUT2D eigenvalue weighted by atomic mass is 10.0. The third kappa shape index (κ3) is 4.43. The van der Waals surface area contributed by atoms with Crippen molar-refractivity contribution in [1.82, 2.24) is 14.8 Å². The molecule has 0 amide bonds. The summed E-state index contributed by atoms with van der Waals surface area (Å²) in [6.45, 7) is 1.30. The summed E-state index contributed by atoms with van der Waals surface area (Å²) in [5.41, 5.74) is 2.10. The Balaban J connectivity index is 1.58. The number of benzene rings is 2. The molecule has 1 N–H and O–H groups in total. The van der Waals surface area contributed by atoms with Crippen LogP contribution in [0.15, 0.2) is 59.8 Å². The molecule has 1 saturated heterocycles. The minimum Gasteiger partial charge on any atom is -0.335 e. The number of rotatable bonds is 6. The van der Waals surface area contributed by atoms with E-state index < -0.39 is 0 Å². The van der Waals surface area contributed by atoms with Gasteiger partial charge in [-0.15, -0.1) is 10.2 Å². The summed E-state index contributed by atoms with van der Waals surface area (Å²) in [5.74, 6) is 1.92. The summed E-state index contributed by atoms with van der Waals surface area (Å²) in [4.78, 5) is 1.68. The first-order chi connectivity index (χ1) is 13.7. The SMILES string of the molecule is C[NH+]1CCCC[C@H]1CCSc1nnc(-c2ccccc2)n1-c1ccc(Cl)cc1. The topological polar surface area (TPSA) is 35.2 Å². The standard InChI is InChI=1S/C22H25ClN4S/c1-26-15-6-5-9-19(26)14-16-28-22-25-24-21(17-7-3-2-4-8-17)27(22)20-12-10-18(23)11-13-20/h2-4,7-8,10-13,19H,5-6,9,14-16H2,1H3/p+1/t19-/m0/s1. The Morgan fingerprint density at radius 1 is 1.07 bits per heavy atom. The Hall–Kier alpha value is -1.82. The first kappa shape index (κ1) is 19.5. The molecule has 2 heterocycles. The normalized spacial score (nSPS) is 19.6. The third-order valence-electron chi connectivity index (χ3n) is 5.52. The number of hydrogen-bond acceptors (Lipinski definition) is 3. The minimum atomic E-state index is 0.732. The van der Waals surface area contributed by atoms with Crippen molar-refractivity contribution < 1.29 is 4.90 Å². The number of halogens is 1. The quantitative estimate of drug-likeness (QED) is 0.617. The van der Waals surface area contributed by atoms with Gasteiger partial charge in [-0.2, -0.15) is 0 Å². The van der Waals surface area contributed by atoms with E-state index in [9.17, 15) is 0 Å². The van der Waals surface area contributed by atoms with Gasteiger partial charge in [-0.25, -0.2) is 0 Å².